The fourth-order valence-corrected chi connectivity index (χ4v) is 4.74. The highest BCUT2D eigenvalue weighted by Crippen LogP contribution is 2.17. The Morgan fingerprint density at radius 1 is 1.30 bits per heavy atom. The van der Waals surface area contributed by atoms with Crippen LogP contribution in [0.4, 0.5) is 0 Å². The van der Waals surface area contributed by atoms with E-state index in [0.717, 1.165) is 43.0 Å². The SMILES string of the molecule is C=CCCCN(C)C(=NCc1ccccc1CS(=O)(=O)N1CCOCC1)NCC.I. The first-order chi connectivity index (χ1) is 14.0. The Morgan fingerprint density at radius 2 is 1.97 bits per heavy atom. The smallest absolute Gasteiger partial charge is 0.218 e. The second kappa shape index (κ2) is 14.0. The molecule has 1 fully saturated rings. The van der Waals surface area contributed by atoms with E-state index < -0.39 is 10.0 Å². The van der Waals surface area contributed by atoms with Gasteiger partial charge in [0, 0.05) is 33.2 Å². The molecule has 0 atom stereocenters. The maximum absolute atomic E-state index is 12.8. The number of ether oxygens (including phenoxy) is 1. The number of sulfonamides is 1. The first-order valence-corrected chi connectivity index (χ1v) is 11.8. The Bertz CT molecular complexity index is 780. The normalized spacial score (nSPS) is 15.3. The van der Waals surface area contributed by atoms with Crippen LogP contribution in [0.3, 0.4) is 0 Å². The van der Waals surface area contributed by atoms with Crippen LogP contribution in [0.25, 0.3) is 0 Å². The number of benzene rings is 1. The Hall–Kier alpha value is -1.17. The van der Waals surface area contributed by atoms with Crippen molar-refractivity contribution in [3.05, 3.63) is 48.0 Å². The van der Waals surface area contributed by atoms with Crippen molar-refractivity contribution in [3.63, 3.8) is 0 Å². The van der Waals surface area contributed by atoms with Crippen molar-refractivity contribution in [3.8, 4) is 0 Å². The van der Waals surface area contributed by atoms with E-state index >= 15 is 0 Å². The van der Waals surface area contributed by atoms with Gasteiger partial charge in [-0.2, -0.15) is 4.31 Å². The number of nitrogens with zero attached hydrogens (tertiary/aromatic N) is 3. The summed E-state index contributed by atoms with van der Waals surface area (Å²) >= 11 is 0. The maximum atomic E-state index is 12.8. The van der Waals surface area contributed by atoms with Crippen LogP contribution in [-0.2, 0) is 27.1 Å². The van der Waals surface area contributed by atoms with Crippen molar-refractivity contribution in [2.45, 2.75) is 32.1 Å². The third-order valence-electron chi connectivity index (χ3n) is 4.82. The highest BCUT2D eigenvalue weighted by atomic mass is 127. The molecule has 1 aromatic rings. The zero-order valence-corrected chi connectivity index (χ0v) is 21.2. The Balaban J connectivity index is 0.00000450. The number of hydrogen-bond donors (Lipinski definition) is 1. The molecule has 9 heteroatoms. The Morgan fingerprint density at radius 3 is 2.60 bits per heavy atom. The van der Waals surface area contributed by atoms with Gasteiger partial charge < -0.3 is 15.0 Å². The Labute approximate surface area is 198 Å². The summed E-state index contributed by atoms with van der Waals surface area (Å²) in [6.07, 6.45) is 3.90. The van der Waals surface area contributed by atoms with E-state index in [9.17, 15) is 8.42 Å². The number of morpholine rings is 1. The predicted octanol–water partition coefficient (Wildman–Crippen LogP) is 2.83. The minimum atomic E-state index is -3.37. The van der Waals surface area contributed by atoms with E-state index in [2.05, 4.69) is 16.8 Å². The van der Waals surface area contributed by atoms with E-state index in [1.54, 1.807) is 0 Å². The molecule has 170 valence electrons. The molecular formula is C21H35IN4O3S. The van der Waals surface area contributed by atoms with Gasteiger partial charge in [-0.1, -0.05) is 30.3 Å². The van der Waals surface area contributed by atoms with Gasteiger partial charge in [0.25, 0.3) is 0 Å². The summed E-state index contributed by atoms with van der Waals surface area (Å²) in [6, 6.07) is 7.64. The maximum Gasteiger partial charge on any atom is 0.218 e. The molecule has 0 aromatic heterocycles. The monoisotopic (exact) mass is 550 g/mol. The molecule has 0 aliphatic carbocycles. The molecule has 7 nitrogen and oxygen atoms in total. The summed E-state index contributed by atoms with van der Waals surface area (Å²) < 4.78 is 32.4. The summed E-state index contributed by atoms with van der Waals surface area (Å²) in [6.45, 7) is 9.64. The topological polar surface area (TPSA) is 74.2 Å². The highest BCUT2D eigenvalue weighted by Gasteiger charge is 2.25. The standard InChI is InChI=1S/C21H34N4O3S.HI/c1-4-6-9-12-24(3)21(22-5-2)23-17-19-10-7-8-11-20(19)18-29(26,27)25-13-15-28-16-14-25;/h4,7-8,10-11H,1,5-6,9,12-18H2,2-3H3,(H,22,23);1H. The number of allylic oxidation sites excluding steroid dienone is 1. The lowest BCUT2D eigenvalue weighted by Crippen LogP contribution is -2.41. The third kappa shape index (κ3) is 8.52. The number of hydrogen-bond acceptors (Lipinski definition) is 4. The molecule has 0 bridgehead atoms. The zero-order valence-electron chi connectivity index (χ0n) is 18.0. The number of aliphatic imine (C=N–C) groups is 1. The average Bonchev–Trinajstić information content (AvgIpc) is 2.72. The predicted molar refractivity (Wildman–Crippen MR) is 134 cm³/mol. The molecule has 1 N–H and O–H groups in total. The molecule has 1 aliphatic heterocycles. The van der Waals surface area contributed by atoms with Crippen molar-refractivity contribution in [2.24, 2.45) is 4.99 Å². The van der Waals surface area contributed by atoms with Gasteiger partial charge in [-0.05, 0) is 30.9 Å². The lowest BCUT2D eigenvalue weighted by atomic mass is 10.1. The van der Waals surface area contributed by atoms with E-state index in [0.29, 0.717) is 32.8 Å². The number of halogens is 1. The van der Waals surface area contributed by atoms with Gasteiger partial charge in [0.2, 0.25) is 10.0 Å². The minimum Gasteiger partial charge on any atom is -0.379 e. The number of guanidine groups is 1. The number of rotatable bonds is 10. The molecule has 0 amide bonds. The lowest BCUT2D eigenvalue weighted by Gasteiger charge is -2.26. The Kier molecular flexibility index (Phi) is 12.5. The van der Waals surface area contributed by atoms with E-state index in [1.165, 1.54) is 4.31 Å². The van der Waals surface area contributed by atoms with Crippen molar-refractivity contribution >= 4 is 40.0 Å². The van der Waals surface area contributed by atoms with Crippen molar-refractivity contribution in [2.75, 3.05) is 46.4 Å². The fourth-order valence-electron chi connectivity index (χ4n) is 3.17. The molecule has 1 aromatic carbocycles. The molecule has 1 heterocycles. The van der Waals surface area contributed by atoms with Crippen molar-refractivity contribution in [1.82, 2.24) is 14.5 Å². The van der Waals surface area contributed by atoms with Crippen molar-refractivity contribution < 1.29 is 13.2 Å². The van der Waals surface area contributed by atoms with Gasteiger partial charge in [0.05, 0.1) is 25.5 Å². The molecule has 0 saturated carbocycles. The zero-order chi connectivity index (χ0) is 21.1. The summed E-state index contributed by atoms with van der Waals surface area (Å²) in [7, 11) is -1.36. The second-order valence-corrected chi connectivity index (χ2v) is 9.03. The van der Waals surface area contributed by atoms with E-state index in [4.69, 9.17) is 9.73 Å². The van der Waals surface area contributed by atoms with Crippen molar-refractivity contribution in [1.29, 1.82) is 0 Å². The highest BCUT2D eigenvalue weighted by molar-refractivity contribution is 14.0. The molecule has 2 rings (SSSR count). The number of unbranched alkanes of at least 4 members (excludes halogenated alkanes) is 1. The summed E-state index contributed by atoms with van der Waals surface area (Å²) in [5, 5.41) is 3.31. The lowest BCUT2D eigenvalue weighted by molar-refractivity contribution is 0.0729. The van der Waals surface area contributed by atoms with Gasteiger partial charge >= 0.3 is 0 Å². The van der Waals surface area contributed by atoms with Crippen LogP contribution >= 0.6 is 24.0 Å². The molecule has 0 spiro atoms. The third-order valence-corrected chi connectivity index (χ3v) is 6.64. The van der Waals surface area contributed by atoms with E-state index in [-0.39, 0.29) is 29.7 Å². The summed E-state index contributed by atoms with van der Waals surface area (Å²) in [5.74, 6) is 0.812. The van der Waals surface area contributed by atoms with Gasteiger partial charge in [0.1, 0.15) is 0 Å². The first-order valence-electron chi connectivity index (χ1n) is 10.2. The minimum absolute atomic E-state index is 0. The molecule has 0 radical (unpaired) electrons. The average molecular weight is 551 g/mol. The van der Waals surface area contributed by atoms with Gasteiger partial charge in [-0.15, -0.1) is 30.6 Å². The van der Waals surface area contributed by atoms with Crippen LogP contribution in [0.5, 0.6) is 0 Å². The van der Waals surface area contributed by atoms with Crippen LogP contribution < -0.4 is 5.32 Å². The van der Waals surface area contributed by atoms with Crippen LogP contribution in [0.1, 0.15) is 30.9 Å². The van der Waals surface area contributed by atoms with Crippen LogP contribution in [0, 0.1) is 0 Å². The fraction of sp³-hybridized carbons (Fsp3) is 0.571. The van der Waals surface area contributed by atoms with Gasteiger partial charge in [-0.25, -0.2) is 13.4 Å². The van der Waals surface area contributed by atoms with Gasteiger partial charge in [0.15, 0.2) is 5.96 Å². The molecular weight excluding hydrogens is 515 g/mol. The molecule has 1 saturated heterocycles. The quantitative estimate of drug-likeness (QED) is 0.160. The van der Waals surface area contributed by atoms with E-state index in [1.807, 2.05) is 44.3 Å². The first kappa shape index (κ1) is 26.9. The summed E-state index contributed by atoms with van der Waals surface area (Å²) in [5.41, 5.74) is 1.73. The number of nitrogens with one attached hydrogen (secondary N) is 1. The van der Waals surface area contributed by atoms with Crippen LogP contribution in [0.2, 0.25) is 0 Å². The van der Waals surface area contributed by atoms with Crippen LogP contribution in [0.15, 0.2) is 41.9 Å². The summed E-state index contributed by atoms with van der Waals surface area (Å²) in [4.78, 5) is 6.84. The molecule has 30 heavy (non-hydrogen) atoms. The largest absolute Gasteiger partial charge is 0.379 e. The second-order valence-electron chi connectivity index (χ2n) is 7.06. The van der Waals surface area contributed by atoms with Crippen LogP contribution in [-0.4, -0.2) is 70.0 Å². The molecule has 0 unspecified atom stereocenters. The molecule has 1 aliphatic rings. The van der Waals surface area contributed by atoms with Gasteiger partial charge in [-0.3, -0.25) is 0 Å².